The molecule has 0 aliphatic heterocycles. The van der Waals surface area contributed by atoms with Crippen molar-refractivity contribution in [3.8, 4) is 6.07 Å². The Labute approximate surface area is 153 Å². The van der Waals surface area contributed by atoms with Gasteiger partial charge < -0.3 is 10.1 Å². The number of rotatable bonds is 10. The Balaban J connectivity index is 2.98. The van der Waals surface area contributed by atoms with Gasteiger partial charge in [-0.25, -0.2) is 13.2 Å². The molecular formula is C18H21N3O4S. The number of nitrogens with one attached hydrogen (secondary N) is 1. The normalized spacial score (nSPS) is 11.5. The van der Waals surface area contributed by atoms with Crippen molar-refractivity contribution in [3.05, 3.63) is 61.3 Å². The number of carbonyl (C=O) groups is 1. The summed E-state index contributed by atoms with van der Waals surface area (Å²) in [6.45, 7) is 9.26. The Bertz CT molecular complexity index is 811. The van der Waals surface area contributed by atoms with Gasteiger partial charge in [0.1, 0.15) is 6.07 Å². The summed E-state index contributed by atoms with van der Waals surface area (Å²) in [4.78, 5) is 11.6. The molecule has 0 atom stereocenters. The molecule has 0 bridgehead atoms. The van der Waals surface area contributed by atoms with Gasteiger partial charge in [0.25, 0.3) is 0 Å². The lowest BCUT2D eigenvalue weighted by Gasteiger charge is -2.19. The second-order valence-corrected chi connectivity index (χ2v) is 6.90. The maximum atomic E-state index is 12.6. The van der Waals surface area contributed by atoms with Crippen LogP contribution in [0.1, 0.15) is 6.92 Å². The lowest BCUT2D eigenvalue weighted by molar-refractivity contribution is -0.138. The number of nitriles is 1. The molecule has 138 valence electrons. The summed E-state index contributed by atoms with van der Waals surface area (Å²) in [6.07, 6.45) is 4.21. The highest BCUT2D eigenvalue weighted by Gasteiger charge is 2.22. The number of esters is 1. The highest BCUT2D eigenvalue weighted by molar-refractivity contribution is 7.89. The van der Waals surface area contributed by atoms with E-state index in [0.717, 1.165) is 0 Å². The molecule has 26 heavy (non-hydrogen) atoms. The van der Waals surface area contributed by atoms with Gasteiger partial charge in [0, 0.05) is 25.0 Å². The second-order valence-electron chi connectivity index (χ2n) is 4.96. The number of hydrogen-bond donors (Lipinski definition) is 1. The lowest BCUT2D eigenvalue weighted by Crippen LogP contribution is -2.31. The van der Waals surface area contributed by atoms with Crippen LogP contribution in [-0.4, -0.2) is 38.4 Å². The average molecular weight is 375 g/mol. The minimum absolute atomic E-state index is 0.113. The molecule has 0 fully saturated rings. The summed E-state index contributed by atoms with van der Waals surface area (Å²) in [5.74, 6) is -0.730. The van der Waals surface area contributed by atoms with Gasteiger partial charge in [-0.05, 0) is 31.2 Å². The van der Waals surface area contributed by atoms with E-state index in [4.69, 9.17) is 10.00 Å². The fourth-order valence-corrected chi connectivity index (χ4v) is 3.31. The second kappa shape index (κ2) is 10.2. The number of nitrogens with zero attached hydrogens (tertiary/aromatic N) is 2. The van der Waals surface area contributed by atoms with Gasteiger partial charge >= 0.3 is 5.97 Å². The predicted octanol–water partition coefficient (Wildman–Crippen LogP) is 2.43. The van der Waals surface area contributed by atoms with Crippen LogP contribution in [-0.2, 0) is 19.6 Å². The van der Waals surface area contributed by atoms with Gasteiger partial charge in [-0.2, -0.15) is 9.57 Å². The zero-order valence-corrected chi connectivity index (χ0v) is 15.3. The third-order valence-corrected chi connectivity index (χ3v) is 5.00. The first-order chi connectivity index (χ1) is 12.4. The smallest absolute Gasteiger partial charge is 0.350 e. The summed E-state index contributed by atoms with van der Waals surface area (Å²) in [6, 6.07) is 7.66. The first kappa shape index (κ1) is 21.2. The standard InChI is InChI=1S/C18H21N3O4S/c1-4-11-21(12-5-2)26(23,24)17-9-7-16(8-10-17)20-14-15(13-19)18(22)25-6-3/h4-5,7-10,14,20H,1-2,6,11-12H2,3H3/b15-14-. The van der Waals surface area contributed by atoms with Gasteiger partial charge in [-0.3, -0.25) is 0 Å². The zero-order valence-electron chi connectivity index (χ0n) is 14.5. The summed E-state index contributed by atoms with van der Waals surface area (Å²) in [7, 11) is -3.68. The Morgan fingerprint density at radius 2 is 1.85 bits per heavy atom. The number of carbonyl (C=O) groups excluding carboxylic acids is 1. The molecule has 7 nitrogen and oxygen atoms in total. The number of benzene rings is 1. The van der Waals surface area contributed by atoms with E-state index in [9.17, 15) is 13.2 Å². The van der Waals surface area contributed by atoms with Crippen molar-refractivity contribution in [1.29, 1.82) is 5.26 Å². The van der Waals surface area contributed by atoms with Gasteiger partial charge in [0.15, 0.2) is 5.57 Å². The first-order valence-corrected chi connectivity index (χ1v) is 9.20. The predicted molar refractivity (Wildman–Crippen MR) is 99.5 cm³/mol. The molecule has 1 aromatic carbocycles. The number of sulfonamides is 1. The third kappa shape index (κ3) is 5.58. The molecule has 0 amide bonds. The van der Waals surface area contributed by atoms with E-state index >= 15 is 0 Å². The number of hydrogen-bond acceptors (Lipinski definition) is 6. The Morgan fingerprint density at radius 3 is 2.31 bits per heavy atom. The largest absolute Gasteiger partial charge is 0.462 e. The van der Waals surface area contributed by atoms with Crippen LogP contribution in [0.15, 0.2) is 66.2 Å². The van der Waals surface area contributed by atoms with E-state index in [1.165, 1.54) is 46.9 Å². The summed E-state index contributed by atoms with van der Waals surface area (Å²) >= 11 is 0. The molecule has 0 heterocycles. The first-order valence-electron chi connectivity index (χ1n) is 7.76. The topological polar surface area (TPSA) is 99.5 Å². The minimum Gasteiger partial charge on any atom is -0.462 e. The van der Waals surface area contributed by atoms with E-state index in [-0.39, 0.29) is 30.2 Å². The average Bonchev–Trinajstić information content (AvgIpc) is 2.62. The third-order valence-electron chi connectivity index (χ3n) is 3.16. The van der Waals surface area contributed by atoms with E-state index in [0.29, 0.717) is 5.69 Å². The van der Waals surface area contributed by atoms with Crippen LogP contribution in [0.2, 0.25) is 0 Å². The van der Waals surface area contributed by atoms with Crippen LogP contribution in [0.4, 0.5) is 5.69 Å². The monoisotopic (exact) mass is 375 g/mol. The SMILES string of the molecule is C=CCN(CC=C)S(=O)(=O)c1ccc(N/C=C(/C#N)C(=O)OCC)cc1. The van der Waals surface area contributed by atoms with Crippen molar-refractivity contribution < 1.29 is 17.9 Å². The molecule has 8 heteroatoms. The molecule has 0 saturated carbocycles. The molecule has 0 radical (unpaired) electrons. The van der Waals surface area contributed by atoms with Gasteiger partial charge in [-0.1, -0.05) is 12.2 Å². The molecule has 0 aliphatic rings. The zero-order chi connectivity index (χ0) is 19.6. The Morgan fingerprint density at radius 1 is 1.27 bits per heavy atom. The lowest BCUT2D eigenvalue weighted by atomic mass is 10.3. The summed E-state index contributed by atoms with van der Waals surface area (Å²) in [5.41, 5.74) is 0.326. The fraction of sp³-hybridized carbons (Fsp3) is 0.222. The summed E-state index contributed by atoms with van der Waals surface area (Å²) in [5, 5.41) is 11.7. The maximum Gasteiger partial charge on any atom is 0.350 e. The Kier molecular flexibility index (Phi) is 8.28. The van der Waals surface area contributed by atoms with Crippen molar-refractivity contribution in [1.82, 2.24) is 4.31 Å². The van der Waals surface area contributed by atoms with Crippen LogP contribution >= 0.6 is 0 Å². The molecule has 1 rings (SSSR count). The van der Waals surface area contributed by atoms with E-state index in [1.54, 1.807) is 13.0 Å². The van der Waals surface area contributed by atoms with Crippen molar-refractivity contribution in [2.24, 2.45) is 0 Å². The highest BCUT2D eigenvalue weighted by Crippen LogP contribution is 2.18. The van der Waals surface area contributed by atoms with Crippen LogP contribution in [0.5, 0.6) is 0 Å². The van der Waals surface area contributed by atoms with Crippen molar-refractivity contribution >= 4 is 21.7 Å². The van der Waals surface area contributed by atoms with E-state index in [1.807, 2.05) is 0 Å². The van der Waals surface area contributed by atoms with Crippen molar-refractivity contribution in [3.63, 3.8) is 0 Å². The van der Waals surface area contributed by atoms with Crippen LogP contribution in [0, 0.1) is 11.3 Å². The highest BCUT2D eigenvalue weighted by atomic mass is 32.2. The molecule has 0 unspecified atom stereocenters. The van der Waals surface area contributed by atoms with Crippen molar-refractivity contribution in [2.75, 3.05) is 25.0 Å². The Hall–Kier alpha value is -2.89. The molecular weight excluding hydrogens is 354 g/mol. The van der Waals surface area contributed by atoms with E-state index in [2.05, 4.69) is 18.5 Å². The van der Waals surface area contributed by atoms with Gasteiger partial charge in [0.2, 0.25) is 10.0 Å². The number of ether oxygens (including phenoxy) is 1. The number of anilines is 1. The fourth-order valence-electron chi connectivity index (χ4n) is 1.93. The molecule has 1 N–H and O–H groups in total. The molecule has 1 aromatic rings. The maximum absolute atomic E-state index is 12.6. The summed E-state index contributed by atoms with van der Waals surface area (Å²) < 4.78 is 31.2. The van der Waals surface area contributed by atoms with Crippen LogP contribution < -0.4 is 5.32 Å². The molecule has 0 aliphatic carbocycles. The van der Waals surface area contributed by atoms with Gasteiger partial charge in [0.05, 0.1) is 11.5 Å². The quantitative estimate of drug-likeness (QED) is 0.292. The van der Waals surface area contributed by atoms with Crippen LogP contribution in [0.3, 0.4) is 0 Å². The molecule has 0 aromatic heterocycles. The van der Waals surface area contributed by atoms with Crippen LogP contribution in [0.25, 0.3) is 0 Å². The van der Waals surface area contributed by atoms with E-state index < -0.39 is 16.0 Å². The van der Waals surface area contributed by atoms with Gasteiger partial charge in [-0.15, -0.1) is 13.2 Å². The minimum atomic E-state index is -3.68. The van der Waals surface area contributed by atoms with Crippen molar-refractivity contribution in [2.45, 2.75) is 11.8 Å². The molecule has 0 spiro atoms. The molecule has 0 saturated heterocycles.